The van der Waals surface area contributed by atoms with Gasteiger partial charge < -0.3 is 1.43 Å². The molecule has 36 heavy (non-hydrogen) atoms. The summed E-state index contributed by atoms with van der Waals surface area (Å²) < 4.78 is 34.3. The number of rotatable bonds is 7. The Labute approximate surface area is 244 Å². The van der Waals surface area contributed by atoms with Gasteiger partial charge in [0.25, 0.3) is 10.1 Å². The van der Waals surface area contributed by atoms with E-state index in [1.54, 1.807) is 12.1 Å². The standard InChI is InChI=1S/C30H43O3PS.Na.H/c1-21(2)27-19-25(35(31,32)33)20-28(22(3)4)30(27)26-17-11-12-18-29(26)34(23-13-7-5-8-14-23)24-15-9-6-10-16-24;;/h11-12,17-24H,5-10,13-16H2,1-4H3,(H,31,32,33);;/q;+1;-1. The first-order valence-electron chi connectivity index (χ1n) is 13.7. The second-order valence-corrected chi connectivity index (χ2v) is 15.4. The molecule has 4 rings (SSSR count). The van der Waals surface area contributed by atoms with Crippen molar-refractivity contribution in [2.75, 3.05) is 0 Å². The van der Waals surface area contributed by atoms with Crippen LogP contribution in [0.15, 0.2) is 41.3 Å². The van der Waals surface area contributed by atoms with E-state index in [1.165, 1.54) is 80.6 Å². The van der Waals surface area contributed by atoms with Crippen LogP contribution in [0.5, 0.6) is 0 Å². The van der Waals surface area contributed by atoms with Crippen LogP contribution in [0.3, 0.4) is 0 Å². The van der Waals surface area contributed by atoms with Crippen LogP contribution >= 0.6 is 7.92 Å². The Morgan fingerprint density at radius 1 is 0.806 bits per heavy atom. The van der Waals surface area contributed by atoms with Crippen molar-refractivity contribution in [3.05, 3.63) is 47.5 Å². The predicted molar refractivity (Wildman–Crippen MR) is 151 cm³/mol. The Balaban J connectivity index is 0.00000241. The molecule has 2 fully saturated rings. The zero-order valence-electron chi connectivity index (χ0n) is 24.0. The zero-order valence-corrected chi connectivity index (χ0v) is 26.7. The van der Waals surface area contributed by atoms with Gasteiger partial charge in [-0.1, -0.05) is 98.4 Å². The van der Waals surface area contributed by atoms with E-state index in [2.05, 4.69) is 52.0 Å². The van der Waals surface area contributed by atoms with Crippen LogP contribution in [0.2, 0.25) is 0 Å². The molecule has 0 bridgehead atoms. The first-order chi connectivity index (χ1) is 16.7. The van der Waals surface area contributed by atoms with E-state index in [-0.39, 0.29) is 55.6 Å². The Morgan fingerprint density at radius 3 is 1.67 bits per heavy atom. The average molecular weight is 539 g/mol. The summed E-state index contributed by atoms with van der Waals surface area (Å²) in [7, 11) is -4.57. The number of hydrogen-bond donors (Lipinski definition) is 1. The molecule has 0 saturated heterocycles. The Kier molecular flexibility index (Phi) is 11.1. The maximum Gasteiger partial charge on any atom is 1.00 e. The van der Waals surface area contributed by atoms with Crippen LogP contribution in [0.1, 0.15) is 116 Å². The molecule has 0 heterocycles. The van der Waals surface area contributed by atoms with Crippen molar-refractivity contribution in [2.24, 2.45) is 0 Å². The Hall–Kier alpha value is -0.220. The summed E-state index contributed by atoms with van der Waals surface area (Å²) >= 11 is 0. The summed E-state index contributed by atoms with van der Waals surface area (Å²) in [6.07, 6.45) is 13.6. The molecule has 0 aromatic heterocycles. The molecule has 2 aromatic carbocycles. The molecule has 6 heteroatoms. The van der Waals surface area contributed by atoms with Gasteiger partial charge in [0.2, 0.25) is 0 Å². The quantitative estimate of drug-likeness (QED) is 0.278. The number of hydrogen-bond acceptors (Lipinski definition) is 2. The first kappa shape index (κ1) is 30.3. The minimum Gasteiger partial charge on any atom is -1.00 e. The molecule has 2 saturated carbocycles. The van der Waals surface area contributed by atoms with Gasteiger partial charge >= 0.3 is 29.6 Å². The van der Waals surface area contributed by atoms with Crippen molar-refractivity contribution in [3.8, 4) is 11.1 Å². The Morgan fingerprint density at radius 2 is 1.25 bits per heavy atom. The van der Waals surface area contributed by atoms with E-state index in [1.807, 2.05) is 0 Å². The van der Waals surface area contributed by atoms with Gasteiger partial charge in [-0.15, -0.1) is 0 Å². The molecule has 2 aromatic rings. The molecule has 2 aliphatic carbocycles. The maximum absolute atomic E-state index is 12.2. The molecule has 0 aliphatic heterocycles. The summed E-state index contributed by atoms with van der Waals surface area (Å²) in [5.41, 5.74) is 6.16. The van der Waals surface area contributed by atoms with Crippen LogP contribution in [0.25, 0.3) is 11.1 Å². The second-order valence-electron chi connectivity index (χ2n) is 11.3. The van der Waals surface area contributed by atoms with Gasteiger partial charge in [0.15, 0.2) is 0 Å². The van der Waals surface area contributed by atoms with Gasteiger partial charge in [0.05, 0.1) is 4.90 Å². The molecule has 1 N–H and O–H groups in total. The normalized spacial score (nSPS) is 18.1. The third kappa shape index (κ3) is 6.85. The van der Waals surface area contributed by atoms with Crippen molar-refractivity contribution in [1.29, 1.82) is 0 Å². The molecule has 3 nitrogen and oxygen atoms in total. The largest absolute Gasteiger partial charge is 1.00 e. The molecule has 0 unspecified atom stereocenters. The smallest absolute Gasteiger partial charge is 1.00 e. The van der Waals surface area contributed by atoms with Crippen molar-refractivity contribution in [2.45, 2.75) is 120 Å². The molecule has 0 atom stereocenters. The molecule has 0 spiro atoms. The van der Waals surface area contributed by atoms with Gasteiger partial charge in [0.1, 0.15) is 0 Å². The van der Waals surface area contributed by atoms with Crippen molar-refractivity contribution >= 4 is 23.3 Å². The first-order valence-corrected chi connectivity index (χ1v) is 16.6. The average Bonchev–Trinajstić information content (AvgIpc) is 2.84. The number of benzene rings is 2. The molecule has 0 amide bonds. The maximum atomic E-state index is 12.2. The van der Waals surface area contributed by atoms with Crippen molar-refractivity contribution in [3.63, 3.8) is 0 Å². The van der Waals surface area contributed by atoms with E-state index in [0.29, 0.717) is 0 Å². The second kappa shape index (κ2) is 13.2. The van der Waals surface area contributed by atoms with Crippen LogP contribution in [-0.2, 0) is 10.1 Å². The summed E-state index contributed by atoms with van der Waals surface area (Å²) in [4.78, 5) is 0.0213. The fourth-order valence-corrected chi connectivity index (χ4v) is 10.9. The van der Waals surface area contributed by atoms with E-state index >= 15 is 0 Å². The van der Waals surface area contributed by atoms with Crippen LogP contribution in [0.4, 0.5) is 0 Å². The van der Waals surface area contributed by atoms with Crippen LogP contribution in [-0.4, -0.2) is 24.3 Å². The summed E-state index contributed by atoms with van der Waals surface area (Å²) in [5, 5.41) is 1.53. The summed E-state index contributed by atoms with van der Waals surface area (Å²) in [5.74, 6) is 0.292. The van der Waals surface area contributed by atoms with Crippen molar-refractivity contribution in [1.82, 2.24) is 0 Å². The minimum absolute atomic E-state index is 0. The fraction of sp³-hybridized carbons (Fsp3) is 0.600. The van der Waals surface area contributed by atoms with Gasteiger partial charge in [-0.05, 0) is 88.5 Å². The monoisotopic (exact) mass is 538 g/mol. The summed E-state index contributed by atoms with van der Waals surface area (Å²) in [6.45, 7) is 8.52. The third-order valence-electron chi connectivity index (χ3n) is 8.10. The zero-order chi connectivity index (χ0) is 25.2. The van der Waals surface area contributed by atoms with E-state index in [9.17, 15) is 13.0 Å². The molecular weight excluding hydrogens is 494 g/mol. The van der Waals surface area contributed by atoms with Gasteiger partial charge in [-0.3, -0.25) is 4.55 Å². The fourth-order valence-electron chi connectivity index (χ4n) is 6.35. The van der Waals surface area contributed by atoms with Gasteiger partial charge in [-0.2, -0.15) is 8.42 Å². The Bertz CT molecular complexity index is 1080. The minimum atomic E-state index is -4.27. The predicted octanol–water partition coefficient (Wildman–Crippen LogP) is 5.74. The van der Waals surface area contributed by atoms with E-state index in [0.717, 1.165) is 22.4 Å². The topological polar surface area (TPSA) is 54.4 Å². The summed E-state index contributed by atoms with van der Waals surface area (Å²) in [6, 6.07) is 12.5. The van der Waals surface area contributed by atoms with Crippen LogP contribution < -0.4 is 34.9 Å². The van der Waals surface area contributed by atoms with Gasteiger partial charge in [-0.25, -0.2) is 0 Å². The van der Waals surface area contributed by atoms with Crippen LogP contribution in [0, 0.1) is 0 Å². The molecule has 194 valence electrons. The molecule has 2 aliphatic rings. The van der Waals surface area contributed by atoms with Gasteiger partial charge in [0, 0.05) is 0 Å². The molecular formula is C30H44NaO3PS. The third-order valence-corrected chi connectivity index (χ3v) is 12.5. The SMILES string of the molecule is CC(C)c1cc(S(=O)(=O)O)cc(C(C)C)c1-c1ccccc1P(C1CCCCC1)C1CCCCC1.[H-].[Na+]. The van der Waals surface area contributed by atoms with E-state index < -0.39 is 10.1 Å². The molecule has 0 radical (unpaired) electrons. The van der Waals surface area contributed by atoms with E-state index in [4.69, 9.17) is 0 Å². The van der Waals surface area contributed by atoms with Crippen molar-refractivity contribution < 1.29 is 44.0 Å².